The molecular weight excluding hydrogens is 270 g/mol. The maximum atomic E-state index is 11.1. The smallest absolute Gasteiger partial charge is 0.311 e. The van der Waals surface area contributed by atoms with Crippen molar-refractivity contribution in [1.82, 2.24) is 10.2 Å². The molecule has 2 rings (SSSR count). The summed E-state index contributed by atoms with van der Waals surface area (Å²) in [4.78, 5) is 13.0. The van der Waals surface area contributed by atoms with E-state index in [1.807, 2.05) is 6.07 Å². The minimum atomic E-state index is -0.392. The van der Waals surface area contributed by atoms with Crippen LogP contribution in [0, 0.1) is 10.1 Å². The summed E-state index contributed by atoms with van der Waals surface area (Å²) in [6.07, 6.45) is 2.44. The average Bonchev–Trinajstić information content (AvgIpc) is 2.99. The minimum Gasteiger partial charge on any atom is -0.490 e. The highest BCUT2D eigenvalue weighted by molar-refractivity contribution is 5.48. The summed E-state index contributed by atoms with van der Waals surface area (Å²) in [5.41, 5.74) is 0.979. The van der Waals surface area contributed by atoms with Gasteiger partial charge in [0, 0.05) is 25.2 Å². The van der Waals surface area contributed by atoms with Crippen molar-refractivity contribution in [3.63, 3.8) is 0 Å². The van der Waals surface area contributed by atoms with Crippen LogP contribution in [0.3, 0.4) is 0 Å². The molecular formula is C15H23N3O3. The average molecular weight is 293 g/mol. The molecule has 0 spiro atoms. The fourth-order valence-electron chi connectivity index (χ4n) is 2.76. The summed E-state index contributed by atoms with van der Waals surface area (Å²) >= 11 is 0. The van der Waals surface area contributed by atoms with Gasteiger partial charge in [0.1, 0.15) is 0 Å². The van der Waals surface area contributed by atoms with Crippen LogP contribution in [0.2, 0.25) is 0 Å². The van der Waals surface area contributed by atoms with Crippen molar-refractivity contribution >= 4 is 5.69 Å². The molecule has 6 nitrogen and oxygen atoms in total. The lowest BCUT2D eigenvalue weighted by molar-refractivity contribution is -0.385. The number of rotatable bonds is 7. The van der Waals surface area contributed by atoms with Crippen LogP contribution in [0.5, 0.6) is 5.75 Å². The number of nitrogens with one attached hydrogen (secondary N) is 1. The molecule has 0 saturated carbocycles. The van der Waals surface area contributed by atoms with Crippen molar-refractivity contribution in [1.29, 1.82) is 0 Å². The first-order valence-electron chi connectivity index (χ1n) is 7.41. The number of methoxy groups -OCH3 is 1. The predicted octanol–water partition coefficient (Wildman–Crippen LogP) is 2.18. The maximum Gasteiger partial charge on any atom is 0.311 e. The molecule has 1 saturated heterocycles. The van der Waals surface area contributed by atoms with Gasteiger partial charge in [-0.2, -0.15) is 0 Å². The Morgan fingerprint density at radius 3 is 2.90 bits per heavy atom. The fourth-order valence-corrected chi connectivity index (χ4v) is 2.76. The van der Waals surface area contributed by atoms with Gasteiger partial charge in [-0.15, -0.1) is 0 Å². The summed E-state index contributed by atoms with van der Waals surface area (Å²) in [5, 5.41) is 14.6. The molecule has 1 aliphatic heterocycles. The van der Waals surface area contributed by atoms with Crippen molar-refractivity contribution in [2.75, 3.05) is 26.7 Å². The van der Waals surface area contributed by atoms with Crippen LogP contribution in [-0.2, 0) is 6.54 Å². The molecule has 21 heavy (non-hydrogen) atoms. The van der Waals surface area contributed by atoms with Gasteiger partial charge >= 0.3 is 5.69 Å². The Morgan fingerprint density at radius 2 is 2.33 bits per heavy atom. The van der Waals surface area contributed by atoms with E-state index in [1.54, 1.807) is 12.1 Å². The van der Waals surface area contributed by atoms with Crippen LogP contribution in [-0.4, -0.2) is 42.6 Å². The van der Waals surface area contributed by atoms with E-state index < -0.39 is 4.92 Å². The number of hydrogen-bond donors (Lipinski definition) is 1. The molecule has 1 atom stereocenters. The first-order valence-corrected chi connectivity index (χ1v) is 7.41. The van der Waals surface area contributed by atoms with E-state index in [0.717, 1.165) is 31.7 Å². The van der Waals surface area contributed by atoms with E-state index in [0.29, 0.717) is 11.8 Å². The molecule has 0 aromatic heterocycles. The Bertz CT molecular complexity index is 487. The first-order chi connectivity index (χ1) is 10.1. The standard InChI is InChI=1S/C15H23N3O3/c1-3-17(11-13-5-4-8-16-13)10-12-6-7-15(21-2)14(9-12)18(19)20/h6-7,9,13,16H,3-5,8,10-11H2,1-2H3. The number of hydrogen-bond acceptors (Lipinski definition) is 5. The van der Waals surface area contributed by atoms with E-state index in [2.05, 4.69) is 17.1 Å². The number of nitro benzene ring substituents is 1. The normalized spacial score (nSPS) is 18.1. The van der Waals surface area contributed by atoms with Crippen LogP contribution in [0.15, 0.2) is 18.2 Å². The third kappa shape index (κ3) is 4.15. The van der Waals surface area contributed by atoms with Crippen molar-refractivity contribution < 1.29 is 9.66 Å². The summed E-state index contributed by atoms with van der Waals surface area (Å²) in [6.45, 7) is 5.84. The Balaban J connectivity index is 2.06. The summed E-state index contributed by atoms with van der Waals surface area (Å²) in [5.74, 6) is 0.309. The van der Waals surface area contributed by atoms with Gasteiger partial charge in [0.05, 0.1) is 12.0 Å². The fraction of sp³-hybridized carbons (Fsp3) is 0.600. The molecule has 1 aliphatic rings. The quantitative estimate of drug-likeness (QED) is 0.616. The highest BCUT2D eigenvalue weighted by Gasteiger charge is 2.19. The van der Waals surface area contributed by atoms with Gasteiger partial charge in [0.15, 0.2) is 5.75 Å². The van der Waals surface area contributed by atoms with Crippen LogP contribution < -0.4 is 10.1 Å². The third-order valence-corrected chi connectivity index (χ3v) is 3.93. The highest BCUT2D eigenvalue weighted by Crippen LogP contribution is 2.28. The molecule has 1 fully saturated rings. The second-order valence-corrected chi connectivity index (χ2v) is 5.38. The topological polar surface area (TPSA) is 67.6 Å². The monoisotopic (exact) mass is 293 g/mol. The summed E-state index contributed by atoms with van der Waals surface area (Å²) in [6, 6.07) is 5.73. The minimum absolute atomic E-state index is 0.0324. The summed E-state index contributed by atoms with van der Waals surface area (Å²) < 4.78 is 5.04. The number of nitro groups is 1. The molecule has 1 heterocycles. The highest BCUT2D eigenvalue weighted by atomic mass is 16.6. The van der Waals surface area contributed by atoms with Gasteiger partial charge in [-0.25, -0.2) is 0 Å². The summed E-state index contributed by atoms with van der Waals surface area (Å²) in [7, 11) is 1.45. The molecule has 0 amide bonds. The van der Waals surface area contributed by atoms with Gasteiger partial charge < -0.3 is 10.1 Å². The molecule has 6 heteroatoms. The van der Waals surface area contributed by atoms with Gasteiger partial charge in [-0.3, -0.25) is 15.0 Å². The van der Waals surface area contributed by atoms with E-state index in [1.165, 1.54) is 20.0 Å². The number of nitrogens with zero attached hydrogens (tertiary/aromatic N) is 2. The molecule has 1 aromatic carbocycles. The van der Waals surface area contributed by atoms with E-state index >= 15 is 0 Å². The molecule has 0 radical (unpaired) electrons. The molecule has 0 bridgehead atoms. The zero-order valence-corrected chi connectivity index (χ0v) is 12.7. The molecule has 1 N–H and O–H groups in total. The lowest BCUT2D eigenvalue weighted by Gasteiger charge is -2.24. The lowest BCUT2D eigenvalue weighted by atomic mass is 10.1. The van der Waals surface area contributed by atoms with E-state index in [-0.39, 0.29) is 5.69 Å². The molecule has 116 valence electrons. The van der Waals surface area contributed by atoms with E-state index in [4.69, 9.17) is 4.74 Å². The largest absolute Gasteiger partial charge is 0.490 e. The molecule has 1 unspecified atom stereocenters. The Labute approximate surface area is 125 Å². The van der Waals surface area contributed by atoms with Crippen molar-refractivity contribution in [2.45, 2.75) is 32.4 Å². The number of likely N-dealkylation sites (N-methyl/N-ethyl adjacent to an activating group) is 1. The number of benzene rings is 1. The second-order valence-electron chi connectivity index (χ2n) is 5.38. The van der Waals surface area contributed by atoms with Crippen LogP contribution in [0.1, 0.15) is 25.3 Å². The Morgan fingerprint density at radius 1 is 1.52 bits per heavy atom. The van der Waals surface area contributed by atoms with Crippen LogP contribution in [0.4, 0.5) is 5.69 Å². The second kappa shape index (κ2) is 7.38. The van der Waals surface area contributed by atoms with Crippen molar-refractivity contribution in [2.24, 2.45) is 0 Å². The van der Waals surface area contributed by atoms with Gasteiger partial charge in [0.2, 0.25) is 0 Å². The van der Waals surface area contributed by atoms with Crippen LogP contribution in [0.25, 0.3) is 0 Å². The zero-order valence-electron chi connectivity index (χ0n) is 12.7. The number of ether oxygens (including phenoxy) is 1. The van der Waals surface area contributed by atoms with E-state index in [9.17, 15) is 10.1 Å². The van der Waals surface area contributed by atoms with Crippen LogP contribution >= 0.6 is 0 Å². The van der Waals surface area contributed by atoms with Gasteiger partial charge in [0.25, 0.3) is 0 Å². The molecule has 0 aliphatic carbocycles. The first kappa shape index (κ1) is 15.7. The molecule has 1 aromatic rings. The Hall–Kier alpha value is -1.66. The van der Waals surface area contributed by atoms with Crippen molar-refractivity contribution in [3.8, 4) is 5.75 Å². The van der Waals surface area contributed by atoms with Crippen molar-refractivity contribution in [3.05, 3.63) is 33.9 Å². The third-order valence-electron chi connectivity index (χ3n) is 3.93. The SMILES string of the molecule is CCN(Cc1ccc(OC)c([N+](=O)[O-])c1)CC1CCCN1. The maximum absolute atomic E-state index is 11.1. The van der Waals surface area contributed by atoms with Gasteiger partial charge in [-0.1, -0.05) is 13.0 Å². The predicted molar refractivity (Wildman–Crippen MR) is 81.6 cm³/mol. The lowest BCUT2D eigenvalue weighted by Crippen LogP contribution is -2.37. The Kier molecular flexibility index (Phi) is 5.52. The zero-order chi connectivity index (χ0) is 15.2. The van der Waals surface area contributed by atoms with Gasteiger partial charge in [-0.05, 0) is 37.6 Å².